The number of benzene rings is 1. The number of likely N-dealkylation sites (tertiary alicyclic amines) is 2. The van der Waals surface area contributed by atoms with Gasteiger partial charge in [-0.25, -0.2) is 4.79 Å². The van der Waals surface area contributed by atoms with E-state index < -0.39 is 0 Å². The highest BCUT2D eigenvalue weighted by molar-refractivity contribution is 9.10. The van der Waals surface area contributed by atoms with Crippen molar-refractivity contribution in [3.8, 4) is 5.75 Å². The molecule has 2 aliphatic rings. The quantitative estimate of drug-likeness (QED) is 0.733. The van der Waals surface area contributed by atoms with Gasteiger partial charge < -0.3 is 20.3 Å². The fourth-order valence-corrected chi connectivity index (χ4v) is 4.78. The number of nitrogens with zero attached hydrogens (tertiary/aromatic N) is 2. The first-order chi connectivity index (χ1) is 13.0. The topological polar surface area (TPSA) is 58.8 Å². The van der Waals surface area contributed by atoms with Gasteiger partial charge in [0.1, 0.15) is 5.75 Å². The Morgan fingerprint density at radius 1 is 1.15 bits per heavy atom. The Bertz CT molecular complexity index is 624. The van der Waals surface area contributed by atoms with E-state index in [1.165, 1.54) is 48.9 Å². The van der Waals surface area contributed by atoms with Crippen molar-refractivity contribution >= 4 is 22.0 Å². The van der Waals surface area contributed by atoms with Crippen LogP contribution in [0.5, 0.6) is 5.75 Å². The van der Waals surface area contributed by atoms with Gasteiger partial charge in [-0.3, -0.25) is 0 Å². The van der Waals surface area contributed by atoms with Crippen molar-refractivity contribution in [2.45, 2.75) is 38.5 Å². The number of carbonyl (C=O) groups excluding carboxylic acids is 1. The molecular formula is C21H32BrN3O2. The summed E-state index contributed by atoms with van der Waals surface area (Å²) in [6, 6.07) is 5.99. The molecule has 2 saturated heterocycles. The van der Waals surface area contributed by atoms with Gasteiger partial charge in [-0.15, -0.1) is 0 Å². The van der Waals surface area contributed by atoms with Gasteiger partial charge in [-0.05, 0) is 93.8 Å². The number of urea groups is 1. The molecule has 2 aliphatic heterocycles. The molecule has 0 saturated carbocycles. The average Bonchev–Trinajstić information content (AvgIpc) is 2.69. The van der Waals surface area contributed by atoms with Crippen LogP contribution < -0.4 is 10.5 Å². The fraction of sp³-hybridized carbons (Fsp3) is 0.667. The van der Waals surface area contributed by atoms with Crippen molar-refractivity contribution in [2.75, 3.05) is 39.8 Å². The number of carbonyl (C=O) groups is 1. The maximum atomic E-state index is 11.2. The Hall–Kier alpha value is -1.27. The third kappa shape index (κ3) is 5.85. The van der Waals surface area contributed by atoms with Crippen molar-refractivity contribution in [3.63, 3.8) is 0 Å². The predicted octanol–water partition coefficient (Wildman–Crippen LogP) is 3.89. The zero-order chi connectivity index (χ0) is 19.2. The number of primary amides is 1. The number of hydrogen-bond donors (Lipinski definition) is 1. The molecule has 2 N–H and O–H groups in total. The lowest BCUT2D eigenvalue weighted by molar-refractivity contribution is 0.149. The summed E-state index contributed by atoms with van der Waals surface area (Å²) in [5.41, 5.74) is 6.72. The van der Waals surface area contributed by atoms with Gasteiger partial charge in [0.2, 0.25) is 0 Å². The molecule has 1 aromatic rings. The first-order valence-electron chi connectivity index (χ1n) is 10.1. The highest BCUT2D eigenvalue weighted by Gasteiger charge is 2.24. The number of rotatable bonds is 6. The SMILES string of the molecule is COc1ccc(Br)c(CC2CCN(CCC3CCN(C(N)=O)CC3)CC2)c1. The van der Waals surface area contributed by atoms with E-state index in [0.29, 0.717) is 0 Å². The van der Waals surface area contributed by atoms with Crippen LogP contribution in [0.1, 0.15) is 37.7 Å². The summed E-state index contributed by atoms with van der Waals surface area (Å²) < 4.78 is 6.56. The minimum absolute atomic E-state index is 0.266. The number of piperidine rings is 2. The van der Waals surface area contributed by atoms with Gasteiger partial charge in [-0.2, -0.15) is 0 Å². The summed E-state index contributed by atoms with van der Waals surface area (Å²) in [5.74, 6) is 2.43. The second-order valence-electron chi connectivity index (χ2n) is 8.00. The van der Waals surface area contributed by atoms with E-state index in [9.17, 15) is 4.79 Å². The Morgan fingerprint density at radius 3 is 2.44 bits per heavy atom. The maximum absolute atomic E-state index is 11.2. The lowest BCUT2D eigenvalue weighted by Crippen LogP contribution is -2.42. The summed E-state index contributed by atoms with van der Waals surface area (Å²) in [6.45, 7) is 5.25. The molecule has 0 bridgehead atoms. The molecule has 0 atom stereocenters. The summed E-state index contributed by atoms with van der Waals surface area (Å²) in [5, 5.41) is 0. The van der Waals surface area contributed by atoms with E-state index in [1.54, 1.807) is 12.0 Å². The molecule has 0 aliphatic carbocycles. The lowest BCUT2D eigenvalue weighted by Gasteiger charge is -2.35. The second-order valence-corrected chi connectivity index (χ2v) is 8.86. The van der Waals surface area contributed by atoms with Crippen LogP contribution in [0.2, 0.25) is 0 Å². The minimum atomic E-state index is -0.266. The van der Waals surface area contributed by atoms with Crippen LogP contribution in [0.25, 0.3) is 0 Å². The van der Waals surface area contributed by atoms with E-state index in [0.717, 1.165) is 49.9 Å². The Morgan fingerprint density at radius 2 is 1.81 bits per heavy atom. The van der Waals surface area contributed by atoms with Crippen LogP contribution in [0, 0.1) is 11.8 Å². The van der Waals surface area contributed by atoms with Gasteiger partial charge in [0.05, 0.1) is 7.11 Å². The molecule has 2 heterocycles. The number of nitrogens with two attached hydrogens (primary N) is 1. The van der Waals surface area contributed by atoms with E-state index in [2.05, 4.69) is 33.0 Å². The molecule has 2 fully saturated rings. The van der Waals surface area contributed by atoms with Crippen LogP contribution in [0.3, 0.4) is 0 Å². The van der Waals surface area contributed by atoms with Crippen molar-refractivity contribution in [1.82, 2.24) is 9.80 Å². The monoisotopic (exact) mass is 437 g/mol. The van der Waals surface area contributed by atoms with Crippen LogP contribution in [-0.4, -0.2) is 55.7 Å². The molecule has 2 amide bonds. The Labute approximate surface area is 171 Å². The summed E-state index contributed by atoms with van der Waals surface area (Å²) in [4.78, 5) is 15.6. The minimum Gasteiger partial charge on any atom is -0.497 e. The first kappa shape index (κ1) is 20.5. The van der Waals surface area contributed by atoms with E-state index in [4.69, 9.17) is 10.5 Å². The normalized spacial score (nSPS) is 20.0. The average molecular weight is 438 g/mol. The molecular weight excluding hydrogens is 406 g/mol. The smallest absolute Gasteiger partial charge is 0.314 e. The Balaban J connectivity index is 1.38. The molecule has 27 heavy (non-hydrogen) atoms. The third-order valence-corrected chi connectivity index (χ3v) is 7.02. The van der Waals surface area contributed by atoms with Crippen molar-refractivity contribution in [3.05, 3.63) is 28.2 Å². The largest absolute Gasteiger partial charge is 0.497 e. The van der Waals surface area contributed by atoms with E-state index in [-0.39, 0.29) is 6.03 Å². The highest BCUT2D eigenvalue weighted by atomic mass is 79.9. The molecule has 150 valence electrons. The van der Waals surface area contributed by atoms with E-state index >= 15 is 0 Å². The molecule has 1 aromatic carbocycles. The van der Waals surface area contributed by atoms with Gasteiger partial charge in [0.25, 0.3) is 0 Å². The van der Waals surface area contributed by atoms with Crippen LogP contribution in [0.15, 0.2) is 22.7 Å². The number of halogens is 1. The number of ether oxygens (including phenoxy) is 1. The zero-order valence-corrected chi connectivity index (χ0v) is 17.9. The molecule has 0 unspecified atom stereocenters. The van der Waals surface area contributed by atoms with Gasteiger partial charge in [0, 0.05) is 17.6 Å². The summed E-state index contributed by atoms with van der Waals surface area (Å²) >= 11 is 3.68. The molecule has 0 aromatic heterocycles. The van der Waals surface area contributed by atoms with Crippen molar-refractivity contribution < 1.29 is 9.53 Å². The third-order valence-electron chi connectivity index (χ3n) is 6.25. The fourth-order valence-electron chi connectivity index (χ4n) is 4.37. The summed E-state index contributed by atoms with van der Waals surface area (Å²) in [7, 11) is 1.73. The number of methoxy groups -OCH3 is 1. The lowest BCUT2D eigenvalue weighted by atomic mass is 9.89. The predicted molar refractivity (Wildman–Crippen MR) is 112 cm³/mol. The molecule has 3 rings (SSSR count). The molecule has 5 nitrogen and oxygen atoms in total. The standard InChI is InChI=1S/C21H32BrN3O2/c1-27-19-2-3-20(22)18(15-19)14-17-5-10-24(11-6-17)9-4-16-7-12-25(13-8-16)21(23)26/h2-3,15-17H,4-14H2,1H3,(H2,23,26). The van der Waals surface area contributed by atoms with Crippen molar-refractivity contribution in [2.24, 2.45) is 17.6 Å². The number of hydrogen-bond acceptors (Lipinski definition) is 3. The highest BCUT2D eigenvalue weighted by Crippen LogP contribution is 2.29. The summed E-state index contributed by atoms with van der Waals surface area (Å²) in [6.07, 6.45) is 7.11. The van der Waals surface area contributed by atoms with E-state index in [1.807, 2.05) is 6.07 Å². The van der Waals surface area contributed by atoms with Gasteiger partial charge in [-0.1, -0.05) is 15.9 Å². The van der Waals surface area contributed by atoms with Crippen LogP contribution in [-0.2, 0) is 6.42 Å². The van der Waals surface area contributed by atoms with Crippen molar-refractivity contribution in [1.29, 1.82) is 0 Å². The number of amides is 2. The van der Waals surface area contributed by atoms with Gasteiger partial charge >= 0.3 is 6.03 Å². The van der Waals surface area contributed by atoms with Crippen LogP contribution >= 0.6 is 15.9 Å². The van der Waals surface area contributed by atoms with Gasteiger partial charge in [0.15, 0.2) is 0 Å². The molecule has 0 radical (unpaired) electrons. The van der Waals surface area contributed by atoms with Crippen LogP contribution in [0.4, 0.5) is 4.79 Å². The Kier molecular flexibility index (Phi) is 7.41. The molecule has 6 heteroatoms. The maximum Gasteiger partial charge on any atom is 0.314 e. The second kappa shape index (κ2) is 9.78. The zero-order valence-electron chi connectivity index (χ0n) is 16.3. The first-order valence-corrected chi connectivity index (χ1v) is 10.9. The molecule has 0 spiro atoms.